The van der Waals surface area contributed by atoms with Crippen molar-refractivity contribution in [1.82, 2.24) is 10.3 Å². The summed E-state index contributed by atoms with van der Waals surface area (Å²) < 4.78 is 0. The fourth-order valence-corrected chi connectivity index (χ4v) is 1.92. The third-order valence-corrected chi connectivity index (χ3v) is 2.97. The molecular weight excluding hydrogens is 256 g/mol. The first-order valence-electron chi connectivity index (χ1n) is 6.42. The number of nitrogens with one attached hydrogen (secondary N) is 1. The van der Waals surface area contributed by atoms with Crippen molar-refractivity contribution in [2.45, 2.75) is 13.3 Å². The Hall–Kier alpha value is -2.43. The molecule has 1 unspecified atom stereocenters. The number of hydrogen-bond acceptors (Lipinski definition) is 3. The van der Waals surface area contributed by atoms with Crippen LogP contribution in [0.15, 0.2) is 36.4 Å². The molecule has 104 valence electrons. The molecule has 0 aliphatic carbocycles. The molecular formula is C15H16N2O3. The average Bonchev–Trinajstić information content (AvgIpc) is 2.43. The van der Waals surface area contributed by atoms with Gasteiger partial charge in [-0.2, -0.15) is 0 Å². The van der Waals surface area contributed by atoms with Crippen molar-refractivity contribution in [2.24, 2.45) is 5.92 Å². The topological polar surface area (TPSA) is 79.3 Å². The van der Waals surface area contributed by atoms with Crippen LogP contribution < -0.4 is 5.32 Å². The first-order valence-corrected chi connectivity index (χ1v) is 6.42. The van der Waals surface area contributed by atoms with E-state index in [2.05, 4.69) is 10.3 Å². The van der Waals surface area contributed by atoms with Gasteiger partial charge in [-0.05, 0) is 18.1 Å². The summed E-state index contributed by atoms with van der Waals surface area (Å²) in [7, 11) is 0. The maximum Gasteiger partial charge on any atom is 0.303 e. The quantitative estimate of drug-likeness (QED) is 0.873. The number of carbonyl (C=O) groups excluding carboxylic acids is 1. The van der Waals surface area contributed by atoms with Gasteiger partial charge in [0.2, 0.25) is 0 Å². The van der Waals surface area contributed by atoms with Crippen LogP contribution in [-0.4, -0.2) is 28.5 Å². The lowest BCUT2D eigenvalue weighted by molar-refractivity contribution is -0.137. The molecule has 0 spiro atoms. The standard InChI is InChI=1S/C15H16N2O3/c1-10(8-14(18)19)9-16-15(20)13-7-6-11-4-2-3-5-12(11)17-13/h2-7,10H,8-9H2,1H3,(H,16,20)(H,18,19). The van der Waals surface area contributed by atoms with Gasteiger partial charge in [0, 0.05) is 18.4 Å². The number of pyridine rings is 1. The molecule has 2 N–H and O–H groups in total. The molecule has 1 aromatic heterocycles. The molecule has 0 saturated carbocycles. The minimum absolute atomic E-state index is 0.0332. The highest BCUT2D eigenvalue weighted by atomic mass is 16.4. The monoisotopic (exact) mass is 272 g/mol. The fraction of sp³-hybridized carbons (Fsp3) is 0.267. The van der Waals surface area contributed by atoms with Crippen LogP contribution in [0.3, 0.4) is 0 Å². The van der Waals surface area contributed by atoms with Crippen molar-refractivity contribution in [3.63, 3.8) is 0 Å². The van der Waals surface area contributed by atoms with Crippen molar-refractivity contribution >= 4 is 22.8 Å². The lowest BCUT2D eigenvalue weighted by Gasteiger charge is -2.10. The van der Waals surface area contributed by atoms with E-state index in [1.807, 2.05) is 30.3 Å². The van der Waals surface area contributed by atoms with Crippen molar-refractivity contribution in [3.8, 4) is 0 Å². The number of para-hydroxylation sites is 1. The van der Waals surface area contributed by atoms with Crippen LogP contribution in [-0.2, 0) is 4.79 Å². The van der Waals surface area contributed by atoms with Gasteiger partial charge in [0.05, 0.1) is 5.52 Å². The molecule has 0 radical (unpaired) electrons. The van der Waals surface area contributed by atoms with Gasteiger partial charge in [-0.1, -0.05) is 31.2 Å². The van der Waals surface area contributed by atoms with Gasteiger partial charge in [0.25, 0.3) is 5.91 Å². The van der Waals surface area contributed by atoms with E-state index in [1.165, 1.54) is 0 Å². The molecule has 2 aromatic rings. The lowest BCUT2D eigenvalue weighted by Crippen LogP contribution is -2.29. The molecule has 1 atom stereocenters. The molecule has 0 aliphatic rings. The highest BCUT2D eigenvalue weighted by molar-refractivity contribution is 5.94. The summed E-state index contributed by atoms with van der Waals surface area (Å²) in [4.78, 5) is 26.8. The third kappa shape index (κ3) is 3.54. The van der Waals surface area contributed by atoms with Crippen LogP contribution in [0.1, 0.15) is 23.8 Å². The van der Waals surface area contributed by atoms with E-state index < -0.39 is 5.97 Å². The Morgan fingerprint density at radius 2 is 2.00 bits per heavy atom. The van der Waals surface area contributed by atoms with Gasteiger partial charge in [0.1, 0.15) is 5.69 Å². The Bertz CT molecular complexity index is 640. The smallest absolute Gasteiger partial charge is 0.303 e. The number of carboxylic acids is 1. The van der Waals surface area contributed by atoms with Crippen LogP contribution in [0.4, 0.5) is 0 Å². The van der Waals surface area contributed by atoms with Gasteiger partial charge in [-0.25, -0.2) is 4.98 Å². The van der Waals surface area contributed by atoms with Crippen LogP contribution in [0.5, 0.6) is 0 Å². The van der Waals surface area contributed by atoms with Gasteiger partial charge >= 0.3 is 5.97 Å². The number of carbonyl (C=O) groups is 2. The molecule has 0 fully saturated rings. The van der Waals surface area contributed by atoms with Gasteiger partial charge < -0.3 is 10.4 Å². The normalized spacial score (nSPS) is 12.1. The van der Waals surface area contributed by atoms with Gasteiger partial charge in [-0.15, -0.1) is 0 Å². The van der Waals surface area contributed by atoms with Crippen molar-refractivity contribution < 1.29 is 14.7 Å². The van der Waals surface area contributed by atoms with E-state index in [0.29, 0.717) is 12.2 Å². The summed E-state index contributed by atoms with van der Waals surface area (Å²) in [5.74, 6) is -1.26. The van der Waals surface area contributed by atoms with Crippen molar-refractivity contribution in [1.29, 1.82) is 0 Å². The van der Waals surface area contributed by atoms with Gasteiger partial charge in [0.15, 0.2) is 0 Å². The van der Waals surface area contributed by atoms with E-state index in [1.54, 1.807) is 13.0 Å². The number of rotatable bonds is 5. The second kappa shape index (κ2) is 6.14. The number of aromatic nitrogens is 1. The number of amides is 1. The summed E-state index contributed by atoms with van der Waals surface area (Å²) >= 11 is 0. The molecule has 2 rings (SSSR count). The Morgan fingerprint density at radius 3 is 2.75 bits per heavy atom. The highest BCUT2D eigenvalue weighted by Crippen LogP contribution is 2.11. The minimum atomic E-state index is -0.865. The first-order chi connectivity index (χ1) is 9.56. The predicted octanol–water partition coefficient (Wildman–Crippen LogP) is 2.08. The molecule has 1 heterocycles. The highest BCUT2D eigenvalue weighted by Gasteiger charge is 2.11. The van der Waals surface area contributed by atoms with Crippen LogP contribution >= 0.6 is 0 Å². The predicted molar refractivity (Wildman–Crippen MR) is 75.5 cm³/mol. The fourth-order valence-electron chi connectivity index (χ4n) is 1.92. The lowest BCUT2D eigenvalue weighted by atomic mass is 10.1. The number of carboxylic acid groups (broad SMARTS) is 1. The Morgan fingerprint density at radius 1 is 1.25 bits per heavy atom. The van der Waals surface area contributed by atoms with Crippen LogP contribution in [0.25, 0.3) is 10.9 Å². The molecule has 0 bridgehead atoms. The van der Waals surface area contributed by atoms with Gasteiger partial charge in [-0.3, -0.25) is 9.59 Å². The summed E-state index contributed by atoms with van der Waals surface area (Å²) in [6.45, 7) is 2.10. The molecule has 0 saturated heterocycles. The Balaban J connectivity index is 2.02. The molecule has 5 nitrogen and oxygen atoms in total. The van der Waals surface area contributed by atoms with E-state index in [-0.39, 0.29) is 18.2 Å². The van der Waals surface area contributed by atoms with E-state index in [4.69, 9.17) is 5.11 Å². The number of nitrogens with zero attached hydrogens (tertiary/aromatic N) is 1. The Kier molecular flexibility index (Phi) is 4.30. The summed E-state index contributed by atoms with van der Waals surface area (Å²) in [6.07, 6.45) is 0.0332. The summed E-state index contributed by atoms with van der Waals surface area (Å²) in [5.41, 5.74) is 1.10. The number of fused-ring (bicyclic) bond motifs is 1. The van der Waals surface area contributed by atoms with E-state index in [9.17, 15) is 9.59 Å². The summed E-state index contributed by atoms with van der Waals surface area (Å²) in [5, 5.41) is 12.3. The third-order valence-electron chi connectivity index (χ3n) is 2.97. The number of aliphatic carboxylic acids is 1. The van der Waals surface area contributed by atoms with E-state index in [0.717, 1.165) is 10.9 Å². The second-order valence-corrected chi connectivity index (χ2v) is 4.80. The molecule has 0 aliphatic heterocycles. The second-order valence-electron chi connectivity index (χ2n) is 4.80. The maximum atomic E-state index is 12.0. The van der Waals surface area contributed by atoms with Crippen molar-refractivity contribution in [3.05, 3.63) is 42.1 Å². The SMILES string of the molecule is CC(CNC(=O)c1ccc2ccccc2n1)CC(=O)O. The molecule has 1 aromatic carbocycles. The number of benzene rings is 1. The zero-order valence-corrected chi connectivity index (χ0v) is 11.2. The minimum Gasteiger partial charge on any atom is -0.481 e. The molecule has 20 heavy (non-hydrogen) atoms. The number of hydrogen-bond donors (Lipinski definition) is 2. The zero-order valence-electron chi connectivity index (χ0n) is 11.2. The van der Waals surface area contributed by atoms with Crippen molar-refractivity contribution in [2.75, 3.05) is 6.54 Å². The van der Waals surface area contributed by atoms with Crippen LogP contribution in [0, 0.1) is 5.92 Å². The zero-order chi connectivity index (χ0) is 14.5. The molecule has 5 heteroatoms. The Labute approximate surface area is 116 Å². The average molecular weight is 272 g/mol. The van der Waals surface area contributed by atoms with E-state index >= 15 is 0 Å². The molecule has 1 amide bonds. The first kappa shape index (κ1) is 14.0. The largest absolute Gasteiger partial charge is 0.481 e. The van der Waals surface area contributed by atoms with Crippen LogP contribution in [0.2, 0.25) is 0 Å². The summed E-state index contributed by atoms with van der Waals surface area (Å²) in [6, 6.07) is 11.1. The maximum absolute atomic E-state index is 12.0.